The standard InChI is InChI=1S/C68H49N/c1-67(51-22-5-3-6-23-51)62-32-14-11-29-58(62)60-41-37-48(44-64(60)67)46-35-39-53(40-36-46)69(54-26-17-21-49(43-54)56-31-18-20-47-19-9-10-27-55(47)56)66-34-16-13-28-57(66)50-38-42-61-59-30-12-15-33-63(59)68(2,65(61)45-50)52-24-7-4-8-25-52/h3-45H,1-2H3. The molecular weight excluding hydrogens is 831 g/mol. The van der Waals surface area contributed by atoms with Gasteiger partial charge in [-0.2, -0.15) is 0 Å². The molecule has 0 fully saturated rings. The zero-order valence-electron chi connectivity index (χ0n) is 38.8. The molecule has 0 aromatic heterocycles. The number of anilines is 3. The van der Waals surface area contributed by atoms with Crippen molar-refractivity contribution in [3.8, 4) is 55.6 Å². The molecule has 11 aromatic rings. The molecular formula is C68H49N. The van der Waals surface area contributed by atoms with E-state index in [4.69, 9.17) is 0 Å². The summed E-state index contributed by atoms with van der Waals surface area (Å²) in [5, 5.41) is 2.48. The third-order valence-corrected chi connectivity index (χ3v) is 15.5. The lowest BCUT2D eigenvalue weighted by Gasteiger charge is -2.30. The van der Waals surface area contributed by atoms with Gasteiger partial charge in [0, 0.05) is 27.8 Å². The van der Waals surface area contributed by atoms with Crippen molar-refractivity contribution >= 4 is 27.8 Å². The van der Waals surface area contributed by atoms with Crippen molar-refractivity contribution in [3.05, 3.63) is 294 Å². The van der Waals surface area contributed by atoms with Crippen LogP contribution in [0.3, 0.4) is 0 Å². The number of fused-ring (bicyclic) bond motifs is 7. The number of rotatable bonds is 8. The Bertz CT molecular complexity index is 3750. The highest BCUT2D eigenvalue weighted by molar-refractivity contribution is 5.98. The van der Waals surface area contributed by atoms with Gasteiger partial charge in [0.25, 0.3) is 0 Å². The third-order valence-electron chi connectivity index (χ3n) is 15.5. The van der Waals surface area contributed by atoms with Gasteiger partial charge in [0.05, 0.1) is 5.69 Å². The summed E-state index contributed by atoms with van der Waals surface area (Å²) < 4.78 is 0. The minimum Gasteiger partial charge on any atom is -0.310 e. The second-order valence-corrected chi connectivity index (χ2v) is 19.1. The van der Waals surface area contributed by atoms with Gasteiger partial charge in [0.2, 0.25) is 0 Å². The predicted octanol–water partition coefficient (Wildman–Crippen LogP) is 18.0. The molecule has 0 saturated heterocycles. The van der Waals surface area contributed by atoms with E-state index in [0.29, 0.717) is 0 Å². The molecule has 0 heterocycles. The number of benzene rings is 11. The van der Waals surface area contributed by atoms with Crippen LogP contribution in [0.4, 0.5) is 17.1 Å². The maximum absolute atomic E-state index is 2.46. The highest BCUT2D eigenvalue weighted by Crippen LogP contribution is 2.55. The van der Waals surface area contributed by atoms with Crippen LogP contribution in [0.2, 0.25) is 0 Å². The van der Waals surface area contributed by atoms with Crippen molar-refractivity contribution in [1.29, 1.82) is 0 Å². The van der Waals surface area contributed by atoms with E-state index >= 15 is 0 Å². The summed E-state index contributed by atoms with van der Waals surface area (Å²) in [6.07, 6.45) is 0. The Morgan fingerprint density at radius 3 is 1.41 bits per heavy atom. The van der Waals surface area contributed by atoms with E-state index in [1.165, 1.54) is 99.8 Å². The molecule has 0 bridgehead atoms. The number of hydrogen-bond acceptors (Lipinski definition) is 1. The molecule has 13 rings (SSSR count). The van der Waals surface area contributed by atoms with Gasteiger partial charge >= 0.3 is 0 Å². The molecule has 11 aromatic carbocycles. The maximum atomic E-state index is 2.46. The highest BCUT2D eigenvalue weighted by atomic mass is 15.1. The van der Waals surface area contributed by atoms with E-state index in [-0.39, 0.29) is 10.8 Å². The molecule has 2 aliphatic rings. The van der Waals surface area contributed by atoms with Crippen LogP contribution < -0.4 is 4.90 Å². The van der Waals surface area contributed by atoms with Crippen LogP contribution in [0.15, 0.2) is 261 Å². The van der Waals surface area contributed by atoms with Crippen LogP contribution in [0.25, 0.3) is 66.4 Å². The van der Waals surface area contributed by atoms with Crippen molar-refractivity contribution in [1.82, 2.24) is 0 Å². The molecule has 0 saturated carbocycles. The van der Waals surface area contributed by atoms with Crippen LogP contribution in [0, 0.1) is 0 Å². The van der Waals surface area contributed by atoms with Crippen LogP contribution in [0.5, 0.6) is 0 Å². The number of para-hydroxylation sites is 1. The van der Waals surface area contributed by atoms with Crippen molar-refractivity contribution in [3.63, 3.8) is 0 Å². The summed E-state index contributed by atoms with van der Waals surface area (Å²) in [6, 6.07) is 96.7. The van der Waals surface area contributed by atoms with Crippen LogP contribution in [-0.2, 0) is 10.8 Å². The van der Waals surface area contributed by atoms with Gasteiger partial charge in [-0.15, -0.1) is 0 Å². The molecule has 326 valence electrons. The fourth-order valence-corrected chi connectivity index (χ4v) is 11.9. The van der Waals surface area contributed by atoms with Gasteiger partial charge in [-0.25, -0.2) is 0 Å². The summed E-state index contributed by atoms with van der Waals surface area (Å²) in [5.74, 6) is 0. The SMILES string of the molecule is CC1(c2ccccc2)c2ccccc2-c2ccc(-c3ccc(N(c4cccc(-c5cccc6ccccc56)c4)c4ccccc4-c4ccc5c(c4)C(C)(c4ccccc4)c4ccccc4-5)cc3)cc21. The molecule has 0 radical (unpaired) electrons. The average Bonchev–Trinajstić information content (AvgIpc) is 3.84. The molecule has 1 nitrogen and oxygen atoms in total. The van der Waals surface area contributed by atoms with Crippen LogP contribution in [-0.4, -0.2) is 0 Å². The quantitative estimate of drug-likeness (QED) is 0.147. The second kappa shape index (κ2) is 16.1. The lowest BCUT2D eigenvalue weighted by atomic mass is 9.74. The first-order valence-corrected chi connectivity index (χ1v) is 24.2. The first kappa shape index (κ1) is 40.7. The summed E-state index contributed by atoms with van der Waals surface area (Å²) in [5.41, 5.74) is 23.1. The first-order chi connectivity index (χ1) is 34.0. The van der Waals surface area contributed by atoms with E-state index < -0.39 is 0 Å². The molecule has 2 unspecified atom stereocenters. The number of nitrogens with zero attached hydrogens (tertiary/aromatic N) is 1. The summed E-state index contributed by atoms with van der Waals surface area (Å²) in [7, 11) is 0. The molecule has 2 atom stereocenters. The maximum Gasteiger partial charge on any atom is 0.0540 e. The zero-order chi connectivity index (χ0) is 46.1. The predicted molar refractivity (Wildman–Crippen MR) is 290 cm³/mol. The average molecular weight is 880 g/mol. The normalized spacial score (nSPS) is 16.4. The largest absolute Gasteiger partial charge is 0.310 e. The Hall–Kier alpha value is -8.52. The summed E-state index contributed by atoms with van der Waals surface area (Å²) >= 11 is 0. The van der Waals surface area contributed by atoms with Crippen molar-refractivity contribution < 1.29 is 0 Å². The Labute approximate surface area is 405 Å². The summed E-state index contributed by atoms with van der Waals surface area (Å²) in [4.78, 5) is 2.46. The van der Waals surface area contributed by atoms with E-state index in [2.05, 4.69) is 280 Å². The molecule has 1 heteroatoms. The van der Waals surface area contributed by atoms with E-state index in [1.54, 1.807) is 0 Å². The Kier molecular flexibility index (Phi) is 9.49. The monoisotopic (exact) mass is 879 g/mol. The molecule has 0 aliphatic heterocycles. The second-order valence-electron chi connectivity index (χ2n) is 19.1. The minimum atomic E-state index is -0.306. The molecule has 0 amide bonds. The Morgan fingerprint density at radius 1 is 0.275 bits per heavy atom. The molecule has 0 spiro atoms. The van der Waals surface area contributed by atoms with Crippen molar-refractivity contribution in [2.45, 2.75) is 24.7 Å². The van der Waals surface area contributed by atoms with E-state index in [1.807, 2.05) is 0 Å². The zero-order valence-corrected chi connectivity index (χ0v) is 38.8. The Balaban J connectivity index is 0.959. The minimum absolute atomic E-state index is 0.266. The smallest absolute Gasteiger partial charge is 0.0540 e. The summed E-state index contributed by atoms with van der Waals surface area (Å²) in [6.45, 7) is 4.79. The van der Waals surface area contributed by atoms with Gasteiger partial charge in [-0.3, -0.25) is 0 Å². The third kappa shape index (κ3) is 6.38. The van der Waals surface area contributed by atoms with E-state index in [9.17, 15) is 0 Å². The molecule has 69 heavy (non-hydrogen) atoms. The van der Waals surface area contributed by atoms with E-state index in [0.717, 1.165) is 17.1 Å². The van der Waals surface area contributed by atoms with Gasteiger partial charge in [-0.1, -0.05) is 218 Å². The lowest BCUT2D eigenvalue weighted by Crippen LogP contribution is -2.22. The highest BCUT2D eigenvalue weighted by Gasteiger charge is 2.42. The van der Waals surface area contributed by atoms with Gasteiger partial charge in [0.1, 0.15) is 0 Å². The van der Waals surface area contributed by atoms with Gasteiger partial charge in [0.15, 0.2) is 0 Å². The van der Waals surface area contributed by atoms with Gasteiger partial charge < -0.3 is 4.90 Å². The first-order valence-electron chi connectivity index (χ1n) is 24.2. The van der Waals surface area contributed by atoms with Crippen molar-refractivity contribution in [2.75, 3.05) is 4.90 Å². The number of hydrogen-bond donors (Lipinski definition) is 0. The van der Waals surface area contributed by atoms with Crippen LogP contribution >= 0.6 is 0 Å². The van der Waals surface area contributed by atoms with Crippen molar-refractivity contribution in [2.24, 2.45) is 0 Å². The molecule has 2 aliphatic carbocycles. The fourth-order valence-electron chi connectivity index (χ4n) is 11.9. The fraction of sp³-hybridized carbons (Fsp3) is 0.0588. The lowest BCUT2D eigenvalue weighted by molar-refractivity contribution is 0.714. The molecule has 0 N–H and O–H groups in total. The van der Waals surface area contributed by atoms with Gasteiger partial charge in [-0.05, 0) is 151 Å². The topological polar surface area (TPSA) is 3.24 Å². The Morgan fingerprint density at radius 2 is 0.739 bits per heavy atom. The van der Waals surface area contributed by atoms with Crippen LogP contribution in [0.1, 0.15) is 47.2 Å².